The summed E-state index contributed by atoms with van der Waals surface area (Å²) >= 11 is 3.51. The van der Waals surface area contributed by atoms with E-state index in [1.165, 1.54) is 12.8 Å². The Labute approximate surface area is 174 Å². The van der Waals surface area contributed by atoms with Gasteiger partial charge in [-0.1, -0.05) is 22.0 Å². The molecule has 8 heteroatoms. The zero-order chi connectivity index (χ0) is 19.7. The highest BCUT2D eigenvalue weighted by Crippen LogP contribution is 2.33. The first kappa shape index (κ1) is 19.7. The third kappa shape index (κ3) is 3.78. The Morgan fingerprint density at radius 1 is 1.14 bits per heavy atom. The van der Waals surface area contributed by atoms with Crippen LogP contribution in [0.2, 0.25) is 0 Å². The molecular formula is C20H23BrN2O4S. The number of anilines is 1. The topological polar surface area (TPSA) is 59.1 Å². The van der Waals surface area contributed by atoms with E-state index in [2.05, 4.69) is 33.0 Å². The van der Waals surface area contributed by atoms with E-state index in [1.54, 1.807) is 28.6 Å². The summed E-state index contributed by atoms with van der Waals surface area (Å²) < 4.78 is 39.5. The number of methoxy groups -OCH3 is 1. The molecule has 0 aliphatic carbocycles. The molecule has 0 unspecified atom stereocenters. The van der Waals surface area contributed by atoms with Crippen LogP contribution in [0.3, 0.4) is 0 Å². The average molecular weight is 467 g/mol. The molecule has 0 atom stereocenters. The van der Waals surface area contributed by atoms with Gasteiger partial charge in [0.1, 0.15) is 12.5 Å². The number of nitrogens with zero attached hydrogens (tertiary/aromatic N) is 2. The molecule has 28 heavy (non-hydrogen) atoms. The van der Waals surface area contributed by atoms with Crippen molar-refractivity contribution in [3.8, 4) is 5.75 Å². The zero-order valence-electron chi connectivity index (χ0n) is 15.7. The van der Waals surface area contributed by atoms with E-state index in [0.717, 1.165) is 22.9 Å². The monoisotopic (exact) mass is 466 g/mol. The maximum absolute atomic E-state index is 13.0. The van der Waals surface area contributed by atoms with E-state index in [-0.39, 0.29) is 10.9 Å². The van der Waals surface area contributed by atoms with Crippen LogP contribution in [-0.4, -0.2) is 45.7 Å². The quantitative estimate of drug-likeness (QED) is 0.688. The standard InChI is InChI=1S/C20H23BrN2O4S/c1-26-18-3-2-4-19(12-18)28(24,25)22-9-7-17(8-10-22)23-14-27-13-15-11-16(21)5-6-20(15)23/h2-6,11-12,17H,7-10,13-14H2,1H3. The molecule has 0 N–H and O–H groups in total. The normalized spacial score (nSPS) is 18.7. The predicted molar refractivity (Wildman–Crippen MR) is 111 cm³/mol. The summed E-state index contributed by atoms with van der Waals surface area (Å²) in [5.41, 5.74) is 2.34. The summed E-state index contributed by atoms with van der Waals surface area (Å²) in [6.45, 7) is 2.13. The van der Waals surface area contributed by atoms with E-state index in [9.17, 15) is 8.42 Å². The lowest BCUT2D eigenvalue weighted by Crippen LogP contribution is -2.48. The van der Waals surface area contributed by atoms with Gasteiger partial charge in [0, 0.05) is 40.9 Å². The average Bonchev–Trinajstić information content (AvgIpc) is 2.73. The van der Waals surface area contributed by atoms with Crippen LogP contribution < -0.4 is 9.64 Å². The fourth-order valence-electron chi connectivity index (χ4n) is 3.88. The molecule has 0 bridgehead atoms. The molecule has 1 saturated heterocycles. The number of rotatable bonds is 4. The van der Waals surface area contributed by atoms with Crippen LogP contribution in [0.1, 0.15) is 18.4 Å². The first-order valence-electron chi connectivity index (χ1n) is 9.26. The maximum Gasteiger partial charge on any atom is 0.243 e. The molecule has 1 fully saturated rings. The number of hydrogen-bond acceptors (Lipinski definition) is 5. The molecule has 0 amide bonds. The molecule has 2 aromatic carbocycles. The van der Waals surface area contributed by atoms with Crippen molar-refractivity contribution in [1.29, 1.82) is 0 Å². The van der Waals surface area contributed by atoms with Gasteiger partial charge in [0.05, 0.1) is 18.6 Å². The molecule has 0 spiro atoms. The van der Waals surface area contributed by atoms with E-state index in [1.807, 2.05) is 6.07 Å². The molecule has 0 aromatic heterocycles. The van der Waals surface area contributed by atoms with Crippen LogP contribution in [0.5, 0.6) is 5.75 Å². The van der Waals surface area contributed by atoms with Gasteiger partial charge < -0.3 is 14.4 Å². The molecule has 0 radical (unpaired) electrons. The summed E-state index contributed by atoms with van der Waals surface area (Å²) in [5.74, 6) is 0.546. The highest BCUT2D eigenvalue weighted by Gasteiger charge is 2.33. The fourth-order valence-corrected chi connectivity index (χ4v) is 5.79. The van der Waals surface area contributed by atoms with Gasteiger partial charge in [0.25, 0.3) is 0 Å². The van der Waals surface area contributed by atoms with E-state index in [4.69, 9.17) is 9.47 Å². The fraction of sp³-hybridized carbons (Fsp3) is 0.400. The summed E-state index contributed by atoms with van der Waals surface area (Å²) in [6.07, 6.45) is 1.53. The Balaban J connectivity index is 1.48. The zero-order valence-corrected chi connectivity index (χ0v) is 18.1. The van der Waals surface area contributed by atoms with Crippen LogP contribution in [-0.2, 0) is 21.4 Å². The van der Waals surface area contributed by atoms with Gasteiger partial charge in [-0.3, -0.25) is 0 Å². The SMILES string of the molecule is COc1cccc(S(=O)(=O)N2CCC(N3COCc4cc(Br)ccc43)CC2)c1. The van der Waals surface area contributed by atoms with Crippen LogP contribution in [0.4, 0.5) is 5.69 Å². The number of sulfonamides is 1. The number of piperidine rings is 1. The molecule has 150 valence electrons. The Hall–Kier alpha value is -1.61. The van der Waals surface area contributed by atoms with Crippen molar-refractivity contribution in [2.75, 3.05) is 31.8 Å². The molecule has 2 aliphatic heterocycles. The summed E-state index contributed by atoms with van der Waals surface area (Å²) in [4.78, 5) is 2.54. The minimum absolute atomic E-state index is 0.261. The predicted octanol–water partition coefficient (Wildman–Crippen LogP) is 3.61. The van der Waals surface area contributed by atoms with Crippen molar-refractivity contribution in [2.45, 2.75) is 30.4 Å². The minimum atomic E-state index is -3.52. The first-order chi connectivity index (χ1) is 13.5. The lowest BCUT2D eigenvalue weighted by atomic mass is 10.0. The number of halogens is 1. The van der Waals surface area contributed by atoms with Gasteiger partial charge in [-0.2, -0.15) is 4.31 Å². The third-order valence-electron chi connectivity index (χ3n) is 5.38. The molecular weight excluding hydrogens is 444 g/mol. The van der Waals surface area contributed by atoms with Crippen LogP contribution in [0, 0.1) is 0 Å². The van der Waals surface area contributed by atoms with Crippen LogP contribution in [0.25, 0.3) is 0 Å². The maximum atomic E-state index is 13.0. The number of benzene rings is 2. The third-order valence-corrected chi connectivity index (χ3v) is 7.77. The van der Waals surface area contributed by atoms with Crippen molar-refractivity contribution < 1.29 is 17.9 Å². The molecule has 2 aromatic rings. The molecule has 2 aliphatic rings. The van der Waals surface area contributed by atoms with E-state index in [0.29, 0.717) is 32.2 Å². The Morgan fingerprint density at radius 2 is 1.93 bits per heavy atom. The van der Waals surface area contributed by atoms with Crippen LogP contribution >= 0.6 is 15.9 Å². The lowest BCUT2D eigenvalue weighted by molar-refractivity contribution is 0.0987. The van der Waals surface area contributed by atoms with Crippen molar-refractivity contribution in [3.05, 3.63) is 52.5 Å². The smallest absolute Gasteiger partial charge is 0.243 e. The molecule has 6 nitrogen and oxygen atoms in total. The van der Waals surface area contributed by atoms with Gasteiger partial charge in [-0.05, 0) is 43.2 Å². The highest BCUT2D eigenvalue weighted by molar-refractivity contribution is 9.10. The molecule has 4 rings (SSSR count). The number of fused-ring (bicyclic) bond motifs is 1. The summed E-state index contributed by atoms with van der Waals surface area (Å²) in [6, 6.07) is 13.2. The summed E-state index contributed by atoms with van der Waals surface area (Å²) in [5, 5.41) is 0. The first-order valence-corrected chi connectivity index (χ1v) is 11.5. The Bertz CT molecular complexity index is 958. The minimum Gasteiger partial charge on any atom is -0.497 e. The van der Waals surface area contributed by atoms with Gasteiger partial charge >= 0.3 is 0 Å². The van der Waals surface area contributed by atoms with Crippen molar-refractivity contribution >= 4 is 31.6 Å². The van der Waals surface area contributed by atoms with Gasteiger partial charge in [-0.15, -0.1) is 0 Å². The van der Waals surface area contributed by atoms with Crippen molar-refractivity contribution in [3.63, 3.8) is 0 Å². The van der Waals surface area contributed by atoms with E-state index < -0.39 is 10.0 Å². The number of hydrogen-bond donors (Lipinski definition) is 0. The van der Waals surface area contributed by atoms with Crippen LogP contribution in [0.15, 0.2) is 51.8 Å². The number of ether oxygens (including phenoxy) is 2. The molecule has 0 saturated carbocycles. The second-order valence-corrected chi connectivity index (χ2v) is 9.89. The van der Waals surface area contributed by atoms with E-state index >= 15 is 0 Å². The Kier molecular flexibility index (Phi) is 5.64. The van der Waals surface area contributed by atoms with Gasteiger partial charge in [-0.25, -0.2) is 8.42 Å². The largest absolute Gasteiger partial charge is 0.497 e. The highest BCUT2D eigenvalue weighted by atomic mass is 79.9. The molecule has 2 heterocycles. The van der Waals surface area contributed by atoms with Gasteiger partial charge in [0.2, 0.25) is 10.0 Å². The second kappa shape index (κ2) is 8.02. The summed E-state index contributed by atoms with van der Waals surface area (Å²) in [7, 11) is -1.98. The van der Waals surface area contributed by atoms with Gasteiger partial charge in [0.15, 0.2) is 0 Å². The second-order valence-electron chi connectivity index (χ2n) is 7.03. The van der Waals surface area contributed by atoms with Crippen molar-refractivity contribution in [1.82, 2.24) is 4.31 Å². The Morgan fingerprint density at radius 3 is 2.68 bits per heavy atom. The lowest BCUT2D eigenvalue weighted by Gasteiger charge is -2.41. The van der Waals surface area contributed by atoms with Crippen molar-refractivity contribution in [2.24, 2.45) is 0 Å².